The van der Waals surface area contributed by atoms with Gasteiger partial charge in [-0.3, -0.25) is 0 Å². The van der Waals surface area contributed by atoms with E-state index in [1.54, 1.807) is 0 Å². The minimum absolute atomic E-state index is 0.137. The molecule has 23 heavy (non-hydrogen) atoms. The van der Waals surface area contributed by atoms with Crippen LogP contribution in [0.25, 0.3) is 0 Å². The van der Waals surface area contributed by atoms with Gasteiger partial charge in [0.25, 0.3) is 8.32 Å². The van der Waals surface area contributed by atoms with Gasteiger partial charge in [-0.05, 0) is 49.9 Å². The van der Waals surface area contributed by atoms with Crippen LogP contribution < -0.4 is 0 Å². The highest BCUT2D eigenvalue weighted by Gasteiger charge is 2.53. The summed E-state index contributed by atoms with van der Waals surface area (Å²) in [5, 5.41) is 0. The van der Waals surface area contributed by atoms with E-state index in [2.05, 4.69) is 54.5 Å². The van der Waals surface area contributed by atoms with E-state index in [1.165, 1.54) is 0 Å². The molecule has 0 unspecified atom stereocenters. The zero-order valence-corrected chi connectivity index (χ0v) is 17.5. The molecule has 1 aliphatic carbocycles. The molecule has 2 aliphatic rings. The summed E-state index contributed by atoms with van der Waals surface area (Å²) in [6.07, 6.45) is 4.10. The molecule has 3 nitrogen and oxygen atoms in total. The molecule has 4 heteroatoms. The minimum Gasteiger partial charge on any atom is -0.546 e. The molecule has 0 radical (unpaired) electrons. The lowest BCUT2D eigenvalue weighted by Gasteiger charge is -2.45. The Bertz CT molecular complexity index is 445. The van der Waals surface area contributed by atoms with Crippen LogP contribution in [-0.2, 0) is 13.9 Å². The van der Waals surface area contributed by atoms with E-state index in [9.17, 15) is 0 Å². The van der Waals surface area contributed by atoms with Crippen LogP contribution in [0, 0.1) is 0 Å². The van der Waals surface area contributed by atoms with Crippen LogP contribution in [0.3, 0.4) is 0 Å². The van der Waals surface area contributed by atoms with Gasteiger partial charge in [0.05, 0.1) is 11.9 Å². The molecule has 2 rings (SSSR count). The standard InChI is InChI=1S/C19H36O3Si/c1-13(2)23(14(3)4,15(5)6)21-16-10-11-17-19(9,12-16)22-18(7,8)20-17/h10,13-15,17H,11-12H2,1-9H3/t17-,19+/m1/s1. The monoisotopic (exact) mass is 340 g/mol. The summed E-state index contributed by atoms with van der Waals surface area (Å²) in [7, 11) is -1.89. The van der Waals surface area contributed by atoms with Gasteiger partial charge in [0, 0.05) is 6.42 Å². The van der Waals surface area contributed by atoms with Gasteiger partial charge < -0.3 is 13.9 Å². The first-order valence-corrected chi connectivity index (χ1v) is 11.3. The van der Waals surface area contributed by atoms with Gasteiger partial charge >= 0.3 is 0 Å². The molecule has 0 bridgehead atoms. The van der Waals surface area contributed by atoms with Gasteiger partial charge in [0.15, 0.2) is 5.79 Å². The Morgan fingerprint density at radius 3 is 2.04 bits per heavy atom. The molecule has 0 aromatic rings. The van der Waals surface area contributed by atoms with Crippen molar-refractivity contribution in [2.24, 2.45) is 0 Å². The molecular formula is C19H36O3Si. The van der Waals surface area contributed by atoms with E-state index in [1.807, 2.05) is 13.8 Å². The van der Waals surface area contributed by atoms with Crippen molar-refractivity contribution in [2.45, 2.75) is 109 Å². The summed E-state index contributed by atoms with van der Waals surface area (Å²) in [5.41, 5.74) is 1.50. The molecule has 0 saturated carbocycles. The average Bonchev–Trinajstić information content (AvgIpc) is 2.61. The van der Waals surface area contributed by atoms with Crippen LogP contribution in [0.4, 0.5) is 0 Å². The van der Waals surface area contributed by atoms with E-state index >= 15 is 0 Å². The van der Waals surface area contributed by atoms with Crippen molar-refractivity contribution in [3.63, 3.8) is 0 Å². The fourth-order valence-electron chi connectivity index (χ4n) is 4.88. The maximum atomic E-state index is 6.87. The fraction of sp³-hybridized carbons (Fsp3) is 0.895. The quantitative estimate of drug-likeness (QED) is 0.595. The smallest absolute Gasteiger partial charge is 0.258 e. The summed E-state index contributed by atoms with van der Waals surface area (Å²) < 4.78 is 19.2. The Hall–Kier alpha value is -0.323. The Morgan fingerprint density at radius 1 is 1.04 bits per heavy atom. The maximum absolute atomic E-state index is 6.87. The van der Waals surface area contributed by atoms with Crippen molar-refractivity contribution in [2.75, 3.05) is 0 Å². The summed E-state index contributed by atoms with van der Waals surface area (Å²) in [5.74, 6) is 0.638. The van der Waals surface area contributed by atoms with Crippen LogP contribution in [0.1, 0.15) is 75.2 Å². The Balaban J connectivity index is 2.23. The van der Waals surface area contributed by atoms with Crippen molar-refractivity contribution in [1.29, 1.82) is 0 Å². The van der Waals surface area contributed by atoms with Gasteiger partial charge in [0.2, 0.25) is 0 Å². The van der Waals surface area contributed by atoms with Crippen LogP contribution in [0.2, 0.25) is 16.6 Å². The lowest BCUT2D eigenvalue weighted by molar-refractivity contribution is -0.160. The maximum Gasteiger partial charge on any atom is 0.258 e. The molecule has 2 atom stereocenters. The minimum atomic E-state index is -1.89. The molecule has 1 heterocycles. The first-order chi connectivity index (χ1) is 10.4. The predicted molar refractivity (Wildman–Crippen MR) is 97.9 cm³/mol. The fourth-order valence-corrected chi connectivity index (χ4v) is 10.2. The van der Waals surface area contributed by atoms with Crippen molar-refractivity contribution in [3.05, 3.63) is 11.8 Å². The molecule has 0 amide bonds. The van der Waals surface area contributed by atoms with Crippen LogP contribution in [0.15, 0.2) is 11.8 Å². The number of hydrogen-bond donors (Lipinski definition) is 0. The molecule has 1 saturated heterocycles. The zero-order valence-electron chi connectivity index (χ0n) is 16.5. The van der Waals surface area contributed by atoms with Crippen LogP contribution >= 0.6 is 0 Å². The second kappa shape index (κ2) is 6.20. The van der Waals surface area contributed by atoms with Crippen molar-refractivity contribution >= 4 is 8.32 Å². The molecule has 0 aromatic heterocycles. The highest BCUT2D eigenvalue weighted by molar-refractivity contribution is 6.77. The van der Waals surface area contributed by atoms with Gasteiger partial charge in [-0.15, -0.1) is 0 Å². The topological polar surface area (TPSA) is 27.7 Å². The zero-order chi connectivity index (χ0) is 17.6. The SMILES string of the molecule is CC(C)[Si](OC1=CC[C@H]2OC(C)(C)O[C@@]2(C)C1)(C(C)C)C(C)C. The first kappa shape index (κ1) is 19.0. The van der Waals surface area contributed by atoms with Gasteiger partial charge in [-0.2, -0.15) is 0 Å². The van der Waals surface area contributed by atoms with Crippen LogP contribution in [0.5, 0.6) is 0 Å². The summed E-state index contributed by atoms with van der Waals surface area (Å²) in [4.78, 5) is 0. The largest absolute Gasteiger partial charge is 0.546 e. The lowest BCUT2D eigenvalue weighted by Crippen LogP contribution is -2.49. The number of fused-ring (bicyclic) bond motifs is 1. The second-order valence-corrected chi connectivity index (χ2v) is 14.3. The molecule has 134 valence electrons. The van der Waals surface area contributed by atoms with E-state index in [0.29, 0.717) is 16.6 Å². The highest BCUT2D eigenvalue weighted by Crippen LogP contribution is 2.48. The Kier molecular flexibility index (Phi) is 5.12. The highest BCUT2D eigenvalue weighted by atomic mass is 28.4. The van der Waals surface area contributed by atoms with Gasteiger partial charge in [-0.25, -0.2) is 0 Å². The molecule has 1 aliphatic heterocycles. The second-order valence-electron chi connectivity index (χ2n) is 8.92. The van der Waals surface area contributed by atoms with Gasteiger partial charge in [-0.1, -0.05) is 41.5 Å². The normalized spacial score (nSPS) is 30.8. The van der Waals surface area contributed by atoms with Crippen molar-refractivity contribution in [1.82, 2.24) is 0 Å². The molecule has 0 N–H and O–H groups in total. The molecular weight excluding hydrogens is 304 g/mol. The van der Waals surface area contributed by atoms with Gasteiger partial charge in [0.1, 0.15) is 5.60 Å². The number of hydrogen-bond acceptors (Lipinski definition) is 3. The third-order valence-corrected chi connectivity index (χ3v) is 11.7. The van der Waals surface area contributed by atoms with Crippen molar-refractivity contribution < 1.29 is 13.9 Å². The summed E-state index contributed by atoms with van der Waals surface area (Å²) >= 11 is 0. The summed E-state index contributed by atoms with van der Waals surface area (Å²) in [6.45, 7) is 20.2. The van der Waals surface area contributed by atoms with E-state index < -0.39 is 14.1 Å². The third-order valence-electron chi connectivity index (χ3n) is 5.69. The van der Waals surface area contributed by atoms with Crippen molar-refractivity contribution in [3.8, 4) is 0 Å². The number of rotatable bonds is 5. The predicted octanol–water partition coefficient (Wildman–Crippen LogP) is 5.77. The molecule has 0 spiro atoms. The Labute approximate surface area is 143 Å². The molecule has 0 aromatic carbocycles. The number of ether oxygens (including phenoxy) is 2. The van der Waals surface area contributed by atoms with Crippen LogP contribution in [-0.4, -0.2) is 25.8 Å². The third kappa shape index (κ3) is 3.40. The molecule has 1 fully saturated rings. The summed E-state index contributed by atoms with van der Waals surface area (Å²) in [6, 6.07) is 0. The Morgan fingerprint density at radius 2 is 1.57 bits per heavy atom. The average molecular weight is 341 g/mol. The van der Waals surface area contributed by atoms with E-state index in [4.69, 9.17) is 13.9 Å². The lowest BCUT2D eigenvalue weighted by atomic mass is 9.87. The van der Waals surface area contributed by atoms with E-state index in [-0.39, 0.29) is 11.7 Å². The first-order valence-electron chi connectivity index (χ1n) is 9.19. The van der Waals surface area contributed by atoms with E-state index in [0.717, 1.165) is 18.6 Å².